The van der Waals surface area contributed by atoms with Crippen LogP contribution < -0.4 is 26.6 Å². The van der Waals surface area contributed by atoms with E-state index in [9.17, 15) is 9.59 Å². The molecule has 0 saturated carbocycles. The number of nitrogens with one attached hydrogen (secondary N) is 3. The molecule has 196 valence electrons. The fourth-order valence-electron chi connectivity index (χ4n) is 3.81. The molecule has 0 spiro atoms. The molecule has 0 fully saturated rings. The predicted octanol–water partition coefficient (Wildman–Crippen LogP) is 4.58. The highest BCUT2D eigenvalue weighted by Crippen LogP contribution is 2.22. The van der Waals surface area contributed by atoms with Gasteiger partial charge in [-0.15, -0.1) is 0 Å². The van der Waals surface area contributed by atoms with Crippen molar-refractivity contribution in [3.63, 3.8) is 0 Å². The molecular weight excluding hydrogens is 466 g/mol. The van der Waals surface area contributed by atoms with Crippen LogP contribution in [-0.2, 0) is 0 Å². The average Bonchev–Trinajstić information content (AvgIpc) is 2.87. The summed E-state index contributed by atoms with van der Waals surface area (Å²) in [5.41, 5.74) is 9.80. The zero-order valence-electron chi connectivity index (χ0n) is 22.0. The number of nitrogen functional groups attached to an aromatic ring is 1. The molecule has 9 heteroatoms. The van der Waals surface area contributed by atoms with Gasteiger partial charge < -0.3 is 31.5 Å². The largest absolute Gasteiger partial charge is 0.397 e. The van der Waals surface area contributed by atoms with Crippen LogP contribution in [0.2, 0.25) is 0 Å². The number of amides is 3. The van der Waals surface area contributed by atoms with Crippen molar-refractivity contribution < 1.29 is 9.59 Å². The van der Waals surface area contributed by atoms with Gasteiger partial charge in [-0.25, -0.2) is 4.79 Å². The van der Waals surface area contributed by atoms with E-state index in [1.165, 1.54) is 0 Å². The first-order chi connectivity index (χ1) is 17.7. The van der Waals surface area contributed by atoms with Crippen LogP contribution in [-0.4, -0.2) is 56.6 Å². The Hall–Kier alpha value is -4.11. The van der Waals surface area contributed by atoms with Crippen molar-refractivity contribution in [2.45, 2.75) is 25.3 Å². The minimum absolute atomic E-state index is 0.252. The van der Waals surface area contributed by atoms with E-state index in [0.29, 0.717) is 17.1 Å². The van der Waals surface area contributed by atoms with E-state index in [4.69, 9.17) is 5.73 Å². The summed E-state index contributed by atoms with van der Waals surface area (Å²) in [6, 6.07) is 17.7. The zero-order chi connectivity index (χ0) is 26.8. The number of benzene rings is 2. The molecule has 3 amide bonds. The summed E-state index contributed by atoms with van der Waals surface area (Å²) in [6.07, 6.45) is 4.32. The monoisotopic (exact) mass is 503 g/mol. The molecule has 3 rings (SSSR count). The minimum atomic E-state index is -0.348. The smallest absolute Gasteiger partial charge is 0.319 e. The molecule has 37 heavy (non-hydrogen) atoms. The summed E-state index contributed by atoms with van der Waals surface area (Å²) < 4.78 is 0. The van der Waals surface area contributed by atoms with Crippen molar-refractivity contribution in [3.05, 3.63) is 78.1 Å². The van der Waals surface area contributed by atoms with E-state index in [1.807, 2.05) is 63.4 Å². The normalized spacial score (nSPS) is 11.6. The number of unbranched alkanes of at least 4 members (excludes halogenated alkanes) is 1. The zero-order valence-corrected chi connectivity index (χ0v) is 22.0. The Kier molecular flexibility index (Phi) is 9.85. The number of pyridine rings is 1. The molecule has 1 aromatic heterocycles. The summed E-state index contributed by atoms with van der Waals surface area (Å²) in [4.78, 5) is 34.0. The first kappa shape index (κ1) is 27.5. The van der Waals surface area contributed by atoms with E-state index < -0.39 is 0 Å². The maximum Gasteiger partial charge on any atom is 0.319 e. The molecule has 1 heterocycles. The third kappa shape index (κ3) is 8.50. The van der Waals surface area contributed by atoms with Crippen molar-refractivity contribution >= 4 is 34.7 Å². The Morgan fingerprint density at radius 2 is 1.65 bits per heavy atom. The Balaban J connectivity index is 1.68. The number of nitrogens with two attached hydrogens (primary N) is 1. The van der Waals surface area contributed by atoms with Gasteiger partial charge >= 0.3 is 6.03 Å². The highest BCUT2D eigenvalue weighted by Gasteiger charge is 2.17. The fraction of sp³-hybridized carbons (Fsp3) is 0.321. The Labute approximate surface area is 219 Å². The lowest BCUT2D eigenvalue weighted by Crippen LogP contribution is -2.33. The molecule has 9 nitrogen and oxygen atoms in total. The molecule has 1 unspecified atom stereocenters. The van der Waals surface area contributed by atoms with Gasteiger partial charge in [0.2, 0.25) is 0 Å². The summed E-state index contributed by atoms with van der Waals surface area (Å²) in [5.74, 6) is -0.348. The second-order valence-corrected chi connectivity index (χ2v) is 9.41. The van der Waals surface area contributed by atoms with Gasteiger partial charge in [0.1, 0.15) is 5.69 Å². The summed E-state index contributed by atoms with van der Waals surface area (Å²) in [5, 5.41) is 8.76. The van der Waals surface area contributed by atoms with Crippen LogP contribution in [0.4, 0.5) is 27.5 Å². The maximum atomic E-state index is 12.8. The van der Waals surface area contributed by atoms with E-state index in [2.05, 4.69) is 25.8 Å². The number of carbonyl (C=O) groups is 2. The molecule has 0 aliphatic heterocycles. The van der Waals surface area contributed by atoms with E-state index >= 15 is 0 Å². The lowest BCUT2D eigenvalue weighted by atomic mass is 10.0. The van der Waals surface area contributed by atoms with E-state index in [1.54, 1.807) is 36.5 Å². The highest BCUT2D eigenvalue weighted by atomic mass is 16.2. The number of rotatable bonds is 11. The number of urea groups is 1. The molecule has 5 N–H and O–H groups in total. The number of hydrogen-bond acceptors (Lipinski definition) is 6. The Morgan fingerprint density at radius 3 is 2.27 bits per heavy atom. The van der Waals surface area contributed by atoms with Gasteiger partial charge in [0.25, 0.3) is 5.91 Å². The number of para-hydroxylation sites is 2. The van der Waals surface area contributed by atoms with Crippen LogP contribution in [0.25, 0.3) is 0 Å². The molecule has 1 atom stereocenters. The van der Waals surface area contributed by atoms with Crippen LogP contribution in [0.5, 0.6) is 0 Å². The number of hydrogen-bond donors (Lipinski definition) is 4. The van der Waals surface area contributed by atoms with Gasteiger partial charge in [0, 0.05) is 31.7 Å². The first-order valence-electron chi connectivity index (χ1n) is 12.3. The van der Waals surface area contributed by atoms with Crippen LogP contribution in [0, 0.1) is 0 Å². The second kappa shape index (κ2) is 13.3. The topological polar surface area (TPSA) is 116 Å². The third-order valence-electron chi connectivity index (χ3n) is 5.93. The van der Waals surface area contributed by atoms with Crippen LogP contribution in [0.1, 0.15) is 41.4 Å². The Bertz CT molecular complexity index is 1160. The number of aromatic nitrogens is 1. The molecule has 3 aromatic rings. The second-order valence-electron chi connectivity index (χ2n) is 9.41. The molecule has 0 radical (unpaired) electrons. The highest BCUT2D eigenvalue weighted by molar-refractivity contribution is 6.04. The van der Waals surface area contributed by atoms with Crippen molar-refractivity contribution in [2.75, 3.05) is 56.0 Å². The lowest BCUT2D eigenvalue weighted by molar-refractivity contribution is 0.102. The summed E-state index contributed by atoms with van der Waals surface area (Å²) in [7, 11) is 8.02. The number of carbonyl (C=O) groups excluding carboxylic acids is 2. The molecule has 0 bridgehead atoms. The quantitative estimate of drug-likeness (QED) is 0.225. The van der Waals surface area contributed by atoms with Gasteiger partial charge in [-0.2, -0.15) is 0 Å². The van der Waals surface area contributed by atoms with Gasteiger partial charge in [-0.1, -0.05) is 18.2 Å². The SMILES string of the molecule is CN(C)CCCCC(NC(=O)Nc1ccc(N(C)C)cc1)c1ccc(C(=O)Nc2ccccc2N)nc1. The first-order valence-corrected chi connectivity index (χ1v) is 12.3. The maximum absolute atomic E-state index is 12.8. The average molecular weight is 504 g/mol. The minimum Gasteiger partial charge on any atom is -0.397 e. The van der Waals surface area contributed by atoms with E-state index in [0.717, 1.165) is 37.1 Å². The van der Waals surface area contributed by atoms with Gasteiger partial charge in [0.15, 0.2) is 0 Å². The molecule has 0 saturated heterocycles. The van der Waals surface area contributed by atoms with Crippen molar-refractivity contribution in [1.29, 1.82) is 0 Å². The molecule has 0 aliphatic carbocycles. The summed E-state index contributed by atoms with van der Waals surface area (Å²) >= 11 is 0. The van der Waals surface area contributed by atoms with Gasteiger partial charge in [0.05, 0.1) is 17.4 Å². The van der Waals surface area contributed by atoms with Crippen LogP contribution in [0.3, 0.4) is 0 Å². The lowest BCUT2D eigenvalue weighted by Gasteiger charge is -2.20. The molecule has 2 aromatic carbocycles. The van der Waals surface area contributed by atoms with Gasteiger partial charge in [-0.3, -0.25) is 9.78 Å². The standard InChI is InChI=1S/C28H37N7O2/c1-34(2)18-8-7-10-24(33-28(37)31-21-13-15-22(16-14-21)35(3)4)20-12-17-26(30-19-20)27(36)32-25-11-6-5-9-23(25)29/h5-6,9,11-17,19,24H,7-8,10,18,29H2,1-4H3,(H,32,36)(H2,31,33,37). The third-order valence-corrected chi connectivity index (χ3v) is 5.93. The van der Waals surface area contributed by atoms with Crippen molar-refractivity contribution in [1.82, 2.24) is 15.2 Å². The molecule has 0 aliphatic rings. The summed E-state index contributed by atoms with van der Waals surface area (Å²) in [6.45, 7) is 0.969. The Morgan fingerprint density at radius 1 is 0.919 bits per heavy atom. The van der Waals surface area contributed by atoms with Crippen molar-refractivity contribution in [3.8, 4) is 0 Å². The van der Waals surface area contributed by atoms with Gasteiger partial charge in [-0.05, 0) is 87.9 Å². The van der Waals surface area contributed by atoms with Crippen LogP contribution >= 0.6 is 0 Å². The number of anilines is 4. The van der Waals surface area contributed by atoms with Crippen molar-refractivity contribution in [2.24, 2.45) is 0 Å². The van der Waals surface area contributed by atoms with E-state index in [-0.39, 0.29) is 23.7 Å². The predicted molar refractivity (Wildman–Crippen MR) is 151 cm³/mol. The van der Waals surface area contributed by atoms with Crippen LogP contribution in [0.15, 0.2) is 66.9 Å². The number of nitrogens with zero attached hydrogens (tertiary/aromatic N) is 3. The fourth-order valence-corrected chi connectivity index (χ4v) is 3.81. The molecular formula is C28H37N7O2.